The molecule has 1 atom stereocenters. The van der Waals surface area contributed by atoms with E-state index in [1.807, 2.05) is 35.2 Å². The second-order valence-electron chi connectivity index (χ2n) is 6.32. The van der Waals surface area contributed by atoms with Gasteiger partial charge in [-0.05, 0) is 19.8 Å². The number of aryl methyl sites for hydroxylation is 1. The summed E-state index contributed by atoms with van der Waals surface area (Å²) in [5.74, 6) is 2.21. The molecule has 3 aromatic rings. The highest BCUT2D eigenvalue weighted by Crippen LogP contribution is 2.27. The summed E-state index contributed by atoms with van der Waals surface area (Å²) in [6.45, 7) is 3.11. The van der Waals surface area contributed by atoms with E-state index in [2.05, 4.69) is 20.3 Å². The average molecular weight is 337 g/mol. The zero-order valence-electron chi connectivity index (χ0n) is 14.0. The van der Waals surface area contributed by atoms with Crippen LogP contribution in [0.4, 0.5) is 0 Å². The molecule has 1 saturated heterocycles. The van der Waals surface area contributed by atoms with Crippen LogP contribution in [0.2, 0.25) is 0 Å². The van der Waals surface area contributed by atoms with Crippen molar-refractivity contribution in [3.05, 3.63) is 53.7 Å². The molecule has 1 aromatic carbocycles. The summed E-state index contributed by atoms with van der Waals surface area (Å²) in [4.78, 5) is 19.0. The molecule has 1 fully saturated rings. The molecule has 0 bridgehead atoms. The van der Waals surface area contributed by atoms with Gasteiger partial charge in [0.1, 0.15) is 11.6 Å². The van der Waals surface area contributed by atoms with Crippen LogP contribution in [0.15, 0.2) is 40.9 Å². The summed E-state index contributed by atoms with van der Waals surface area (Å²) in [6, 6.07) is 11.5. The highest BCUT2D eigenvalue weighted by molar-refractivity contribution is 5.92. The third-order valence-electron chi connectivity index (χ3n) is 4.48. The van der Waals surface area contributed by atoms with Crippen LogP contribution in [0.5, 0.6) is 0 Å². The number of piperidine rings is 1. The molecule has 0 aliphatic carbocycles. The number of likely N-dealkylation sites (tertiary alicyclic amines) is 1. The van der Waals surface area contributed by atoms with Crippen molar-refractivity contribution in [1.29, 1.82) is 0 Å². The molecule has 25 heavy (non-hydrogen) atoms. The fraction of sp³-hybridized carbons (Fsp3) is 0.333. The summed E-state index contributed by atoms with van der Waals surface area (Å²) in [5.41, 5.74) is 1.34. The first kappa shape index (κ1) is 15.6. The summed E-state index contributed by atoms with van der Waals surface area (Å²) >= 11 is 0. The van der Waals surface area contributed by atoms with Crippen molar-refractivity contribution in [1.82, 2.24) is 25.2 Å². The number of aromatic amines is 1. The van der Waals surface area contributed by atoms with E-state index in [-0.39, 0.29) is 11.8 Å². The Hall–Kier alpha value is -2.96. The predicted octanol–water partition coefficient (Wildman–Crippen LogP) is 2.79. The molecule has 0 radical (unpaired) electrons. The molecule has 7 heteroatoms. The second-order valence-corrected chi connectivity index (χ2v) is 6.32. The molecule has 1 amide bonds. The number of benzene rings is 1. The fourth-order valence-corrected chi connectivity index (χ4v) is 3.19. The molecule has 1 aliphatic rings. The Balaban J connectivity index is 1.50. The molecule has 0 unspecified atom stereocenters. The summed E-state index contributed by atoms with van der Waals surface area (Å²) < 4.78 is 5.01. The van der Waals surface area contributed by atoms with E-state index in [0.717, 1.165) is 30.8 Å². The third-order valence-corrected chi connectivity index (χ3v) is 4.48. The van der Waals surface area contributed by atoms with E-state index < -0.39 is 0 Å². The average Bonchev–Trinajstić information content (AvgIpc) is 3.31. The van der Waals surface area contributed by atoms with E-state index in [0.29, 0.717) is 23.8 Å². The van der Waals surface area contributed by atoms with Crippen LogP contribution in [0.25, 0.3) is 11.4 Å². The maximum atomic E-state index is 12.6. The van der Waals surface area contributed by atoms with Crippen LogP contribution in [0.1, 0.15) is 40.8 Å². The lowest BCUT2D eigenvalue weighted by atomic mass is 9.97. The minimum atomic E-state index is -0.0932. The minimum absolute atomic E-state index is 0.0932. The lowest BCUT2D eigenvalue weighted by Crippen LogP contribution is -2.39. The summed E-state index contributed by atoms with van der Waals surface area (Å²) in [6.07, 6.45) is 1.90. The molecule has 4 rings (SSSR count). The first-order chi connectivity index (χ1) is 12.2. The van der Waals surface area contributed by atoms with Gasteiger partial charge in [-0.15, -0.1) is 0 Å². The first-order valence-corrected chi connectivity index (χ1v) is 8.41. The number of nitrogens with zero attached hydrogens (tertiary/aromatic N) is 4. The van der Waals surface area contributed by atoms with E-state index in [1.165, 1.54) is 0 Å². The number of hydrogen-bond donors (Lipinski definition) is 1. The van der Waals surface area contributed by atoms with Gasteiger partial charge in [-0.3, -0.25) is 9.89 Å². The number of hydrogen-bond acceptors (Lipinski definition) is 5. The SMILES string of the molecule is Cc1cc(C(=O)N2CCC[C@@H](c3nc(-c4ccccc4)n[nH]3)C2)no1. The van der Waals surface area contributed by atoms with Crippen LogP contribution >= 0.6 is 0 Å². The zero-order chi connectivity index (χ0) is 17.2. The van der Waals surface area contributed by atoms with Crippen LogP contribution in [0, 0.1) is 6.92 Å². The molecule has 3 heterocycles. The van der Waals surface area contributed by atoms with Crippen molar-refractivity contribution < 1.29 is 9.32 Å². The van der Waals surface area contributed by atoms with Gasteiger partial charge in [-0.1, -0.05) is 35.5 Å². The van der Waals surface area contributed by atoms with Gasteiger partial charge in [-0.25, -0.2) is 4.98 Å². The Morgan fingerprint density at radius 1 is 1.32 bits per heavy atom. The maximum absolute atomic E-state index is 12.6. The number of H-pyrrole nitrogens is 1. The Bertz CT molecular complexity index is 870. The van der Waals surface area contributed by atoms with Crippen molar-refractivity contribution >= 4 is 5.91 Å². The largest absolute Gasteiger partial charge is 0.361 e. The number of carbonyl (C=O) groups excluding carboxylic acids is 1. The Labute approximate surface area is 145 Å². The zero-order valence-corrected chi connectivity index (χ0v) is 14.0. The smallest absolute Gasteiger partial charge is 0.276 e. The quantitative estimate of drug-likeness (QED) is 0.794. The molecule has 128 valence electrons. The number of carbonyl (C=O) groups is 1. The Morgan fingerprint density at radius 3 is 2.92 bits per heavy atom. The fourth-order valence-electron chi connectivity index (χ4n) is 3.19. The van der Waals surface area contributed by atoms with Crippen LogP contribution in [-0.2, 0) is 0 Å². The highest BCUT2D eigenvalue weighted by Gasteiger charge is 2.29. The molecule has 1 aliphatic heterocycles. The lowest BCUT2D eigenvalue weighted by molar-refractivity contribution is 0.0694. The van der Waals surface area contributed by atoms with Crippen LogP contribution in [0.3, 0.4) is 0 Å². The van der Waals surface area contributed by atoms with E-state index in [4.69, 9.17) is 4.52 Å². The Morgan fingerprint density at radius 2 is 2.16 bits per heavy atom. The first-order valence-electron chi connectivity index (χ1n) is 8.41. The third kappa shape index (κ3) is 3.17. The molecular formula is C18H19N5O2. The van der Waals surface area contributed by atoms with Gasteiger partial charge < -0.3 is 9.42 Å². The van der Waals surface area contributed by atoms with Gasteiger partial charge in [-0.2, -0.15) is 5.10 Å². The molecule has 7 nitrogen and oxygen atoms in total. The number of amides is 1. The van der Waals surface area contributed by atoms with Gasteiger partial charge in [0.05, 0.1) is 0 Å². The van der Waals surface area contributed by atoms with Crippen molar-refractivity contribution in [3.8, 4) is 11.4 Å². The lowest BCUT2D eigenvalue weighted by Gasteiger charge is -2.31. The summed E-state index contributed by atoms with van der Waals surface area (Å²) in [5, 5.41) is 11.2. The van der Waals surface area contributed by atoms with Gasteiger partial charge in [0.15, 0.2) is 11.5 Å². The Kier molecular flexibility index (Phi) is 4.05. The molecule has 0 spiro atoms. The van der Waals surface area contributed by atoms with Crippen molar-refractivity contribution in [2.75, 3.05) is 13.1 Å². The van der Waals surface area contributed by atoms with E-state index >= 15 is 0 Å². The maximum Gasteiger partial charge on any atom is 0.276 e. The second kappa shape index (κ2) is 6.51. The molecule has 2 aromatic heterocycles. The number of rotatable bonds is 3. The van der Waals surface area contributed by atoms with Crippen molar-refractivity contribution in [2.24, 2.45) is 0 Å². The standard InChI is InChI=1S/C18H19N5O2/c1-12-10-15(22-25-12)18(24)23-9-5-8-14(11-23)17-19-16(20-21-17)13-6-3-2-4-7-13/h2-4,6-7,10,14H,5,8-9,11H2,1H3,(H,19,20,21)/t14-/m1/s1. The molecule has 1 N–H and O–H groups in total. The predicted molar refractivity (Wildman–Crippen MR) is 90.9 cm³/mol. The van der Waals surface area contributed by atoms with Crippen LogP contribution < -0.4 is 0 Å². The number of aromatic nitrogens is 4. The van der Waals surface area contributed by atoms with Crippen molar-refractivity contribution in [3.63, 3.8) is 0 Å². The molecule has 0 saturated carbocycles. The van der Waals surface area contributed by atoms with E-state index in [9.17, 15) is 4.79 Å². The van der Waals surface area contributed by atoms with Crippen molar-refractivity contribution in [2.45, 2.75) is 25.7 Å². The van der Waals surface area contributed by atoms with Gasteiger partial charge in [0.2, 0.25) is 0 Å². The van der Waals surface area contributed by atoms with Gasteiger partial charge >= 0.3 is 0 Å². The van der Waals surface area contributed by atoms with Gasteiger partial charge in [0.25, 0.3) is 5.91 Å². The highest BCUT2D eigenvalue weighted by atomic mass is 16.5. The normalized spacial score (nSPS) is 17.6. The monoisotopic (exact) mass is 337 g/mol. The molecular weight excluding hydrogens is 318 g/mol. The van der Waals surface area contributed by atoms with E-state index in [1.54, 1.807) is 13.0 Å². The van der Waals surface area contributed by atoms with Gasteiger partial charge in [0, 0.05) is 30.6 Å². The topological polar surface area (TPSA) is 87.9 Å². The minimum Gasteiger partial charge on any atom is -0.361 e. The number of nitrogens with one attached hydrogen (secondary N) is 1. The van der Waals surface area contributed by atoms with Crippen LogP contribution in [-0.4, -0.2) is 44.2 Å². The summed E-state index contributed by atoms with van der Waals surface area (Å²) in [7, 11) is 0.